The molecule has 0 spiro atoms. The van der Waals surface area contributed by atoms with Crippen LogP contribution in [0.25, 0.3) is 5.13 Å². The van der Waals surface area contributed by atoms with Gasteiger partial charge in [0.2, 0.25) is 5.13 Å². The highest BCUT2D eigenvalue weighted by Crippen LogP contribution is 2.18. The summed E-state index contributed by atoms with van der Waals surface area (Å²) in [7, 11) is 0. The lowest BCUT2D eigenvalue weighted by atomic mass is 10.2. The van der Waals surface area contributed by atoms with E-state index in [1.807, 2.05) is 6.92 Å². The lowest BCUT2D eigenvalue weighted by Gasteiger charge is -2.02. The molecule has 92 valence electrons. The lowest BCUT2D eigenvalue weighted by molar-refractivity contribution is 0.275. The minimum atomic E-state index is -0.0865. The van der Waals surface area contributed by atoms with E-state index in [9.17, 15) is 5.11 Å². The number of unbranched alkanes of at least 4 members (excludes halogenated alkanes) is 1. The molecular formula is C10H15N5OS. The predicted molar refractivity (Wildman–Crippen MR) is 64.1 cm³/mol. The van der Waals surface area contributed by atoms with Crippen molar-refractivity contribution in [3.63, 3.8) is 0 Å². The average Bonchev–Trinajstić information content (AvgIpc) is 2.91. The van der Waals surface area contributed by atoms with Crippen LogP contribution in [0.15, 0.2) is 0 Å². The van der Waals surface area contributed by atoms with Gasteiger partial charge in [-0.1, -0.05) is 29.9 Å². The van der Waals surface area contributed by atoms with Crippen molar-refractivity contribution in [1.29, 1.82) is 0 Å². The van der Waals surface area contributed by atoms with Crippen LogP contribution < -0.4 is 0 Å². The highest BCUT2D eigenvalue weighted by atomic mass is 32.1. The van der Waals surface area contributed by atoms with Gasteiger partial charge < -0.3 is 5.11 Å². The average molecular weight is 253 g/mol. The van der Waals surface area contributed by atoms with Gasteiger partial charge in [0.15, 0.2) is 0 Å². The Hall–Kier alpha value is -1.34. The van der Waals surface area contributed by atoms with E-state index in [1.54, 1.807) is 4.68 Å². The van der Waals surface area contributed by atoms with Gasteiger partial charge in [-0.15, -0.1) is 15.3 Å². The summed E-state index contributed by atoms with van der Waals surface area (Å²) < 4.78 is 1.69. The van der Waals surface area contributed by atoms with Gasteiger partial charge in [-0.2, -0.15) is 4.68 Å². The maximum Gasteiger partial charge on any atom is 0.234 e. The van der Waals surface area contributed by atoms with Crippen molar-refractivity contribution in [3.8, 4) is 5.13 Å². The zero-order chi connectivity index (χ0) is 12.3. The maximum atomic E-state index is 9.23. The Bertz CT molecular complexity index is 493. The number of nitrogens with zero attached hydrogens (tertiary/aromatic N) is 5. The largest absolute Gasteiger partial charge is 0.390 e. The first kappa shape index (κ1) is 12.1. The molecule has 0 atom stereocenters. The first-order valence-electron chi connectivity index (χ1n) is 5.61. The van der Waals surface area contributed by atoms with Crippen LogP contribution in [0.2, 0.25) is 0 Å². The van der Waals surface area contributed by atoms with Crippen LogP contribution in [-0.2, 0) is 13.0 Å². The molecular weight excluding hydrogens is 238 g/mol. The Kier molecular flexibility index (Phi) is 3.80. The standard InChI is InChI=1S/C10H15N5OS/c1-3-4-5-9-8(6-16)12-14-15(9)10-13-11-7(2)17-10/h16H,3-6H2,1-2H3. The van der Waals surface area contributed by atoms with Crippen molar-refractivity contribution in [1.82, 2.24) is 25.2 Å². The number of aromatic nitrogens is 5. The van der Waals surface area contributed by atoms with Crippen molar-refractivity contribution < 1.29 is 5.11 Å². The molecule has 2 aromatic rings. The summed E-state index contributed by atoms with van der Waals surface area (Å²) in [5, 5.41) is 26.9. The smallest absolute Gasteiger partial charge is 0.234 e. The summed E-state index contributed by atoms with van der Waals surface area (Å²) in [5.74, 6) is 0. The van der Waals surface area contributed by atoms with Gasteiger partial charge in [-0.05, 0) is 19.8 Å². The van der Waals surface area contributed by atoms with Crippen LogP contribution in [0, 0.1) is 6.92 Å². The van der Waals surface area contributed by atoms with Gasteiger partial charge in [0.1, 0.15) is 10.7 Å². The quantitative estimate of drug-likeness (QED) is 0.868. The highest BCUT2D eigenvalue weighted by molar-refractivity contribution is 7.13. The number of hydrogen-bond acceptors (Lipinski definition) is 6. The van der Waals surface area contributed by atoms with E-state index in [0.717, 1.165) is 30.0 Å². The van der Waals surface area contributed by atoms with Gasteiger partial charge in [-0.25, -0.2) is 0 Å². The maximum absolute atomic E-state index is 9.23. The van der Waals surface area contributed by atoms with Crippen LogP contribution in [0.3, 0.4) is 0 Å². The molecule has 0 aliphatic rings. The van der Waals surface area contributed by atoms with Crippen LogP contribution in [0.4, 0.5) is 0 Å². The predicted octanol–water partition coefficient (Wildman–Crippen LogP) is 1.26. The van der Waals surface area contributed by atoms with Crippen LogP contribution >= 0.6 is 11.3 Å². The molecule has 0 saturated heterocycles. The Balaban J connectivity index is 2.36. The number of rotatable bonds is 5. The molecule has 0 amide bonds. The van der Waals surface area contributed by atoms with E-state index in [2.05, 4.69) is 27.4 Å². The molecule has 0 saturated carbocycles. The molecule has 0 fully saturated rings. The first-order chi connectivity index (χ1) is 8.26. The minimum absolute atomic E-state index is 0.0865. The van der Waals surface area contributed by atoms with Crippen LogP contribution in [-0.4, -0.2) is 30.3 Å². The summed E-state index contributed by atoms with van der Waals surface area (Å²) in [6, 6.07) is 0. The molecule has 0 bridgehead atoms. The fourth-order valence-electron chi connectivity index (χ4n) is 1.58. The minimum Gasteiger partial charge on any atom is -0.390 e. The van der Waals surface area contributed by atoms with E-state index in [-0.39, 0.29) is 6.61 Å². The van der Waals surface area contributed by atoms with E-state index in [4.69, 9.17) is 0 Å². The zero-order valence-corrected chi connectivity index (χ0v) is 10.7. The van der Waals surface area contributed by atoms with Crippen molar-refractivity contribution in [2.75, 3.05) is 0 Å². The summed E-state index contributed by atoms with van der Waals surface area (Å²) in [4.78, 5) is 0. The van der Waals surface area contributed by atoms with Gasteiger partial charge in [0, 0.05) is 0 Å². The molecule has 0 aliphatic heterocycles. The normalized spacial score (nSPS) is 11.0. The Morgan fingerprint density at radius 3 is 2.71 bits per heavy atom. The summed E-state index contributed by atoms with van der Waals surface area (Å²) >= 11 is 1.47. The molecule has 7 heteroatoms. The van der Waals surface area contributed by atoms with Gasteiger partial charge in [0.25, 0.3) is 0 Å². The van der Waals surface area contributed by atoms with Gasteiger partial charge in [0.05, 0.1) is 12.3 Å². The zero-order valence-electron chi connectivity index (χ0n) is 9.92. The molecule has 6 nitrogen and oxygen atoms in total. The Morgan fingerprint density at radius 1 is 1.29 bits per heavy atom. The SMILES string of the molecule is CCCCc1c(CO)nnn1-c1nnc(C)s1. The van der Waals surface area contributed by atoms with Gasteiger partial charge >= 0.3 is 0 Å². The fourth-order valence-corrected chi connectivity index (χ4v) is 2.24. The Morgan fingerprint density at radius 2 is 2.12 bits per heavy atom. The molecule has 0 aliphatic carbocycles. The van der Waals surface area contributed by atoms with E-state index in [0.29, 0.717) is 10.8 Å². The number of aliphatic hydroxyl groups is 1. The van der Waals surface area contributed by atoms with Crippen molar-refractivity contribution in [2.24, 2.45) is 0 Å². The number of aliphatic hydroxyl groups excluding tert-OH is 1. The van der Waals surface area contributed by atoms with Crippen molar-refractivity contribution in [3.05, 3.63) is 16.4 Å². The lowest BCUT2D eigenvalue weighted by Crippen LogP contribution is -2.04. The topological polar surface area (TPSA) is 76.7 Å². The first-order valence-corrected chi connectivity index (χ1v) is 6.42. The van der Waals surface area contributed by atoms with Crippen molar-refractivity contribution >= 4 is 11.3 Å². The van der Waals surface area contributed by atoms with E-state index in [1.165, 1.54) is 11.3 Å². The molecule has 2 aromatic heterocycles. The number of aryl methyl sites for hydroxylation is 1. The fraction of sp³-hybridized carbons (Fsp3) is 0.600. The molecule has 0 radical (unpaired) electrons. The van der Waals surface area contributed by atoms with E-state index >= 15 is 0 Å². The second-order valence-corrected chi connectivity index (χ2v) is 4.92. The third-order valence-electron chi connectivity index (χ3n) is 2.46. The molecule has 1 N–H and O–H groups in total. The molecule has 2 heterocycles. The monoisotopic (exact) mass is 253 g/mol. The summed E-state index contributed by atoms with van der Waals surface area (Å²) in [6.07, 6.45) is 2.97. The molecule has 0 unspecified atom stereocenters. The van der Waals surface area contributed by atoms with Crippen LogP contribution in [0.1, 0.15) is 36.2 Å². The number of hydrogen-bond donors (Lipinski definition) is 1. The van der Waals surface area contributed by atoms with Gasteiger partial charge in [-0.3, -0.25) is 0 Å². The summed E-state index contributed by atoms with van der Waals surface area (Å²) in [6.45, 7) is 3.94. The highest BCUT2D eigenvalue weighted by Gasteiger charge is 2.15. The van der Waals surface area contributed by atoms with E-state index < -0.39 is 0 Å². The van der Waals surface area contributed by atoms with Crippen molar-refractivity contribution in [2.45, 2.75) is 39.7 Å². The van der Waals surface area contributed by atoms with Crippen LogP contribution in [0.5, 0.6) is 0 Å². The molecule has 2 rings (SSSR count). The second kappa shape index (κ2) is 5.33. The Labute approximate surface area is 103 Å². The second-order valence-electron chi connectivity index (χ2n) is 3.76. The molecule has 17 heavy (non-hydrogen) atoms. The summed E-state index contributed by atoms with van der Waals surface area (Å²) in [5.41, 5.74) is 1.57. The molecule has 0 aromatic carbocycles. The third kappa shape index (κ3) is 2.50. The third-order valence-corrected chi connectivity index (χ3v) is 3.27.